The van der Waals surface area contributed by atoms with E-state index in [9.17, 15) is 14.0 Å². The summed E-state index contributed by atoms with van der Waals surface area (Å²) in [7, 11) is 0. The maximum Gasteiger partial charge on any atom is 0.256 e. The van der Waals surface area contributed by atoms with Crippen LogP contribution in [0.3, 0.4) is 0 Å². The molecule has 146 valence electrons. The van der Waals surface area contributed by atoms with Gasteiger partial charge in [-0.15, -0.1) is 0 Å². The van der Waals surface area contributed by atoms with E-state index in [0.717, 1.165) is 36.3 Å². The third kappa shape index (κ3) is 3.27. The highest BCUT2D eigenvalue weighted by atomic mass is 19.1. The summed E-state index contributed by atoms with van der Waals surface area (Å²) < 4.78 is 19.3. The number of rotatable bonds is 3. The molecule has 0 bridgehead atoms. The van der Waals surface area contributed by atoms with Gasteiger partial charge < -0.3 is 20.0 Å². The van der Waals surface area contributed by atoms with Crippen LogP contribution in [0.4, 0.5) is 10.1 Å². The van der Waals surface area contributed by atoms with Crippen molar-refractivity contribution in [1.82, 2.24) is 15.0 Å². The molecular formula is C21H17FN4O3. The van der Waals surface area contributed by atoms with Crippen LogP contribution in [-0.4, -0.2) is 27.5 Å². The van der Waals surface area contributed by atoms with Crippen LogP contribution < -0.4 is 10.9 Å². The van der Waals surface area contributed by atoms with E-state index in [2.05, 4.69) is 20.3 Å². The van der Waals surface area contributed by atoms with E-state index in [-0.39, 0.29) is 11.7 Å². The number of imidazole rings is 1. The quantitative estimate of drug-likeness (QED) is 0.495. The zero-order valence-corrected chi connectivity index (χ0v) is 15.3. The summed E-state index contributed by atoms with van der Waals surface area (Å²) >= 11 is 0. The summed E-state index contributed by atoms with van der Waals surface area (Å²) in [6.45, 7) is 0.730. The van der Waals surface area contributed by atoms with Crippen molar-refractivity contribution in [3.8, 4) is 0 Å². The Hall–Kier alpha value is -3.52. The lowest BCUT2D eigenvalue weighted by atomic mass is 10.1. The summed E-state index contributed by atoms with van der Waals surface area (Å²) in [5.74, 6) is -0.207. The van der Waals surface area contributed by atoms with Crippen LogP contribution in [0.1, 0.15) is 35.1 Å². The number of aromatic amines is 2. The standard InChI is InChI=1S/C21H17FN4O3/c22-11-3-5-15-13(8-11)14(10-19(27)24-15)21(28)23-12-4-6-16-17(9-12)26-20(25-16)18-2-1-7-29-18/h3-6,8-10,18H,1-2,7H2,(H,23,28)(H,24,27)(H,25,26). The molecule has 8 heteroatoms. The highest BCUT2D eigenvalue weighted by Gasteiger charge is 2.21. The molecule has 1 atom stereocenters. The molecule has 3 heterocycles. The fraction of sp³-hybridized carbons (Fsp3) is 0.190. The predicted molar refractivity (Wildman–Crippen MR) is 107 cm³/mol. The Bertz CT molecular complexity index is 1300. The molecule has 2 aromatic carbocycles. The zero-order valence-electron chi connectivity index (χ0n) is 15.3. The number of anilines is 1. The van der Waals surface area contributed by atoms with Crippen LogP contribution in [0.15, 0.2) is 47.3 Å². The lowest BCUT2D eigenvalue weighted by molar-refractivity contribution is 0.102. The number of carbonyl (C=O) groups is 1. The van der Waals surface area contributed by atoms with Crippen LogP contribution in [0.2, 0.25) is 0 Å². The number of aromatic nitrogens is 3. The molecule has 5 rings (SSSR count). The minimum atomic E-state index is -0.495. The van der Waals surface area contributed by atoms with Gasteiger partial charge in [0.1, 0.15) is 17.7 Å². The third-order valence-electron chi connectivity index (χ3n) is 5.04. The fourth-order valence-electron chi connectivity index (χ4n) is 3.67. The van der Waals surface area contributed by atoms with E-state index in [1.807, 2.05) is 0 Å². The van der Waals surface area contributed by atoms with Gasteiger partial charge in [0.2, 0.25) is 5.56 Å². The van der Waals surface area contributed by atoms with E-state index >= 15 is 0 Å². The number of nitrogens with one attached hydrogen (secondary N) is 3. The number of amides is 1. The van der Waals surface area contributed by atoms with Crippen LogP contribution in [0, 0.1) is 5.82 Å². The van der Waals surface area contributed by atoms with Gasteiger partial charge in [-0.25, -0.2) is 9.37 Å². The molecule has 1 aliphatic rings. The number of halogens is 1. The number of pyridine rings is 1. The van der Waals surface area contributed by atoms with Crippen molar-refractivity contribution in [1.29, 1.82) is 0 Å². The Morgan fingerprint density at radius 1 is 1.14 bits per heavy atom. The molecule has 0 saturated carbocycles. The molecule has 0 spiro atoms. The number of hydrogen-bond donors (Lipinski definition) is 3. The second kappa shape index (κ2) is 6.82. The SMILES string of the molecule is O=C(Nc1ccc2nc(C3CCCO3)[nH]c2c1)c1cc(=O)[nH]c2ccc(F)cc12. The number of nitrogens with zero attached hydrogens (tertiary/aromatic N) is 1. The summed E-state index contributed by atoms with van der Waals surface area (Å²) in [6.07, 6.45) is 1.90. The smallest absolute Gasteiger partial charge is 0.256 e. The number of fused-ring (bicyclic) bond motifs is 2. The number of ether oxygens (including phenoxy) is 1. The zero-order chi connectivity index (χ0) is 20.0. The van der Waals surface area contributed by atoms with Crippen LogP contribution in [0.5, 0.6) is 0 Å². The van der Waals surface area contributed by atoms with Gasteiger partial charge in [0.15, 0.2) is 0 Å². The molecule has 2 aromatic heterocycles. The van der Waals surface area contributed by atoms with Gasteiger partial charge >= 0.3 is 0 Å². The maximum absolute atomic E-state index is 13.7. The molecule has 1 saturated heterocycles. The summed E-state index contributed by atoms with van der Waals surface area (Å²) in [5, 5.41) is 3.11. The third-order valence-corrected chi connectivity index (χ3v) is 5.04. The molecule has 1 fully saturated rings. The molecule has 4 aromatic rings. The largest absolute Gasteiger partial charge is 0.370 e. The molecular weight excluding hydrogens is 375 g/mol. The first-order valence-electron chi connectivity index (χ1n) is 9.32. The topological polar surface area (TPSA) is 99.9 Å². The van der Waals surface area contributed by atoms with Gasteiger partial charge in [0.25, 0.3) is 5.91 Å². The van der Waals surface area contributed by atoms with Crippen molar-refractivity contribution < 1.29 is 13.9 Å². The average Bonchev–Trinajstić information content (AvgIpc) is 3.36. The lowest BCUT2D eigenvalue weighted by Crippen LogP contribution is -2.17. The highest BCUT2D eigenvalue weighted by molar-refractivity contribution is 6.12. The van der Waals surface area contributed by atoms with Crippen molar-refractivity contribution in [3.63, 3.8) is 0 Å². The predicted octanol–water partition coefficient (Wildman–Crippen LogP) is 3.65. The van der Waals surface area contributed by atoms with Gasteiger partial charge in [-0.1, -0.05) is 0 Å². The van der Waals surface area contributed by atoms with Crippen molar-refractivity contribution in [3.05, 3.63) is 70.0 Å². The van der Waals surface area contributed by atoms with Crippen LogP contribution in [-0.2, 0) is 4.74 Å². The van der Waals surface area contributed by atoms with Gasteiger partial charge in [-0.05, 0) is 49.2 Å². The van der Waals surface area contributed by atoms with Crippen molar-refractivity contribution >= 4 is 33.5 Å². The summed E-state index contributed by atoms with van der Waals surface area (Å²) in [5.41, 5.74) is 2.16. The van der Waals surface area contributed by atoms with Crippen molar-refractivity contribution in [2.75, 3.05) is 11.9 Å². The van der Waals surface area contributed by atoms with E-state index in [1.165, 1.54) is 24.3 Å². The lowest BCUT2D eigenvalue weighted by Gasteiger charge is -2.08. The first-order chi connectivity index (χ1) is 14.1. The van der Waals surface area contributed by atoms with Gasteiger partial charge in [-0.2, -0.15) is 0 Å². The minimum absolute atomic E-state index is 0.0299. The number of benzene rings is 2. The normalized spacial score (nSPS) is 16.5. The highest BCUT2D eigenvalue weighted by Crippen LogP contribution is 2.29. The minimum Gasteiger partial charge on any atom is -0.370 e. The van der Waals surface area contributed by atoms with Crippen molar-refractivity contribution in [2.24, 2.45) is 0 Å². The number of H-pyrrole nitrogens is 2. The van der Waals surface area contributed by atoms with Gasteiger partial charge in [0.05, 0.1) is 16.6 Å². The molecule has 1 amide bonds. The second-order valence-electron chi connectivity index (χ2n) is 7.05. The molecule has 0 aliphatic carbocycles. The first-order valence-corrected chi connectivity index (χ1v) is 9.32. The fourth-order valence-corrected chi connectivity index (χ4v) is 3.67. The van der Waals surface area contributed by atoms with Crippen LogP contribution in [0.25, 0.3) is 21.9 Å². The Morgan fingerprint density at radius 3 is 2.86 bits per heavy atom. The number of hydrogen-bond acceptors (Lipinski definition) is 4. The Balaban J connectivity index is 1.47. The Kier molecular flexibility index (Phi) is 4.13. The van der Waals surface area contributed by atoms with E-state index in [4.69, 9.17) is 4.74 Å². The van der Waals surface area contributed by atoms with Gasteiger partial charge in [-0.3, -0.25) is 9.59 Å². The van der Waals surface area contributed by atoms with Gasteiger partial charge in [0, 0.05) is 29.3 Å². The molecule has 1 unspecified atom stereocenters. The Morgan fingerprint density at radius 2 is 2.03 bits per heavy atom. The van der Waals surface area contributed by atoms with E-state index in [1.54, 1.807) is 18.2 Å². The maximum atomic E-state index is 13.7. The molecule has 3 N–H and O–H groups in total. The van der Waals surface area contributed by atoms with E-state index < -0.39 is 17.3 Å². The molecule has 0 radical (unpaired) electrons. The summed E-state index contributed by atoms with van der Waals surface area (Å²) in [4.78, 5) is 35.1. The molecule has 7 nitrogen and oxygen atoms in total. The van der Waals surface area contributed by atoms with E-state index in [0.29, 0.717) is 16.6 Å². The molecule has 29 heavy (non-hydrogen) atoms. The monoisotopic (exact) mass is 392 g/mol. The van der Waals surface area contributed by atoms with Crippen molar-refractivity contribution in [2.45, 2.75) is 18.9 Å². The Labute approximate surface area is 163 Å². The second-order valence-corrected chi connectivity index (χ2v) is 7.05. The van der Waals surface area contributed by atoms with Crippen LogP contribution >= 0.6 is 0 Å². The number of carbonyl (C=O) groups excluding carboxylic acids is 1. The first kappa shape index (κ1) is 17.6. The average molecular weight is 392 g/mol. The summed E-state index contributed by atoms with van der Waals surface area (Å²) in [6, 6.07) is 10.4. The molecule has 1 aliphatic heterocycles.